The Kier molecular flexibility index (Phi) is 6.73. The fraction of sp³-hybridized carbons (Fsp3) is 0.583. The van der Waals surface area contributed by atoms with E-state index < -0.39 is 28.8 Å². The Bertz CT molecular complexity index is 955. The van der Waals surface area contributed by atoms with Gasteiger partial charge in [-0.25, -0.2) is 4.79 Å². The molecule has 1 N–H and O–H groups in total. The van der Waals surface area contributed by atoms with Crippen LogP contribution in [0.5, 0.6) is 5.75 Å². The third-order valence-electron chi connectivity index (χ3n) is 6.29. The van der Waals surface area contributed by atoms with Gasteiger partial charge in [-0.15, -0.1) is 0 Å². The Hall–Kier alpha value is -2.71. The molecule has 1 fully saturated rings. The molecule has 0 atom stereocenters. The predicted octanol–water partition coefficient (Wildman–Crippen LogP) is 5.37. The fourth-order valence-corrected chi connectivity index (χ4v) is 4.34. The van der Waals surface area contributed by atoms with Gasteiger partial charge in [0, 0.05) is 18.8 Å². The van der Waals surface area contributed by atoms with E-state index in [9.17, 15) is 22.8 Å². The summed E-state index contributed by atoms with van der Waals surface area (Å²) >= 11 is 0. The van der Waals surface area contributed by atoms with Gasteiger partial charge in [-0.2, -0.15) is 13.2 Å². The number of likely N-dealkylation sites (tertiary alicyclic amines) is 1. The minimum absolute atomic E-state index is 0.220. The van der Waals surface area contributed by atoms with Crippen LogP contribution in [0.25, 0.3) is 5.70 Å². The number of amides is 2. The van der Waals surface area contributed by atoms with Gasteiger partial charge in [0.1, 0.15) is 11.4 Å². The minimum Gasteiger partial charge on any atom is -0.496 e. The van der Waals surface area contributed by atoms with Crippen LogP contribution in [0.15, 0.2) is 23.8 Å². The number of hydrogen-bond donors (Lipinski definition) is 1. The Morgan fingerprint density at radius 1 is 1.12 bits per heavy atom. The van der Waals surface area contributed by atoms with E-state index in [1.807, 2.05) is 6.92 Å². The summed E-state index contributed by atoms with van der Waals surface area (Å²) in [6, 6.07) is 3.81. The lowest BCUT2D eigenvalue weighted by Crippen LogP contribution is -2.50. The van der Waals surface area contributed by atoms with Crippen molar-refractivity contribution < 1.29 is 32.2 Å². The molecule has 0 unspecified atom stereocenters. The van der Waals surface area contributed by atoms with E-state index in [1.165, 1.54) is 19.2 Å². The Labute approximate surface area is 192 Å². The first-order chi connectivity index (χ1) is 15.3. The number of hydrogen-bond acceptors (Lipinski definition) is 4. The molecule has 0 saturated carbocycles. The van der Waals surface area contributed by atoms with Crippen molar-refractivity contribution in [2.75, 3.05) is 20.2 Å². The SMILES string of the molecule is COc1ccc(C2=C(C)CCC3(CCN(C(=O)OC(C)(C)C)CC3)C(=O)N2)cc1C(F)(F)F. The first kappa shape index (κ1) is 24.9. The average Bonchev–Trinajstić information content (AvgIpc) is 2.84. The third-order valence-corrected chi connectivity index (χ3v) is 6.29. The molecule has 2 aliphatic heterocycles. The van der Waals surface area contributed by atoms with Crippen molar-refractivity contribution >= 4 is 17.7 Å². The largest absolute Gasteiger partial charge is 0.496 e. The zero-order valence-corrected chi connectivity index (χ0v) is 19.7. The third kappa shape index (κ3) is 5.45. The van der Waals surface area contributed by atoms with Crippen LogP contribution in [0.1, 0.15) is 64.5 Å². The summed E-state index contributed by atoms with van der Waals surface area (Å²) in [7, 11) is 1.19. The second kappa shape index (κ2) is 8.91. The molecule has 0 aromatic heterocycles. The number of nitrogens with zero attached hydrogens (tertiary/aromatic N) is 1. The van der Waals surface area contributed by atoms with Gasteiger partial charge in [0.2, 0.25) is 5.91 Å². The number of carbonyl (C=O) groups is 2. The van der Waals surface area contributed by atoms with Gasteiger partial charge in [-0.1, -0.05) is 0 Å². The lowest BCUT2D eigenvalue weighted by atomic mass is 9.74. The Balaban J connectivity index is 1.79. The number of ether oxygens (including phenoxy) is 2. The van der Waals surface area contributed by atoms with Gasteiger partial charge in [0.15, 0.2) is 0 Å². The zero-order valence-electron chi connectivity index (χ0n) is 19.7. The van der Waals surface area contributed by atoms with Crippen molar-refractivity contribution in [3.63, 3.8) is 0 Å². The van der Waals surface area contributed by atoms with E-state index in [0.717, 1.165) is 11.6 Å². The van der Waals surface area contributed by atoms with E-state index >= 15 is 0 Å². The van der Waals surface area contributed by atoms with Crippen molar-refractivity contribution in [2.24, 2.45) is 5.41 Å². The molecular weight excluding hydrogens is 437 g/mol. The van der Waals surface area contributed by atoms with Crippen LogP contribution in [0.3, 0.4) is 0 Å². The summed E-state index contributed by atoms with van der Waals surface area (Å²) in [4.78, 5) is 27.3. The zero-order chi connectivity index (χ0) is 24.6. The van der Waals surface area contributed by atoms with E-state index in [4.69, 9.17) is 9.47 Å². The first-order valence-corrected chi connectivity index (χ1v) is 11.0. The minimum atomic E-state index is -4.58. The number of benzene rings is 1. The molecule has 9 heteroatoms. The van der Waals surface area contributed by atoms with Crippen molar-refractivity contribution in [1.29, 1.82) is 0 Å². The molecule has 2 aliphatic rings. The number of methoxy groups -OCH3 is 1. The summed E-state index contributed by atoms with van der Waals surface area (Å²) in [5.41, 5.74) is -0.664. The lowest BCUT2D eigenvalue weighted by Gasteiger charge is -2.40. The van der Waals surface area contributed by atoms with Crippen molar-refractivity contribution in [2.45, 2.75) is 65.2 Å². The Morgan fingerprint density at radius 3 is 2.30 bits per heavy atom. The maximum atomic E-state index is 13.5. The number of piperidine rings is 1. The summed E-state index contributed by atoms with van der Waals surface area (Å²) in [5.74, 6) is -0.488. The van der Waals surface area contributed by atoms with Gasteiger partial charge >= 0.3 is 12.3 Å². The summed E-state index contributed by atoms with van der Waals surface area (Å²) in [6.45, 7) is 7.99. The van der Waals surface area contributed by atoms with Crippen LogP contribution in [0.4, 0.5) is 18.0 Å². The van der Waals surface area contributed by atoms with Crippen molar-refractivity contribution in [3.05, 3.63) is 34.9 Å². The number of carbonyl (C=O) groups excluding carboxylic acids is 2. The second-order valence-corrected chi connectivity index (χ2v) is 9.77. The highest BCUT2D eigenvalue weighted by Gasteiger charge is 2.44. The summed E-state index contributed by atoms with van der Waals surface area (Å²) in [6.07, 6.45) is -2.92. The van der Waals surface area contributed by atoms with Crippen LogP contribution in [-0.4, -0.2) is 42.7 Å². The van der Waals surface area contributed by atoms with Gasteiger partial charge in [0.05, 0.1) is 18.1 Å². The van der Waals surface area contributed by atoms with Crippen LogP contribution < -0.4 is 10.1 Å². The smallest absolute Gasteiger partial charge is 0.419 e. The molecule has 1 spiro atoms. The van der Waals surface area contributed by atoms with Crippen LogP contribution in [0.2, 0.25) is 0 Å². The Morgan fingerprint density at radius 2 is 1.76 bits per heavy atom. The molecule has 1 aromatic rings. The summed E-state index contributed by atoms with van der Waals surface area (Å²) in [5, 5.41) is 2.90. The maximum Gasteiger partial charge on any atom is 0.419 e. The number of allylic oxidation sites excluding steroid dienone is 1. The van der Waals surface area contributed by atoms with Gasteiger partial charge in [0.25, 0.3) is 0 Å². The summed E-state index contributed by atoms with van der Waals surface area (Å²) < 4.78 is 50.8. The van der Waals surface area contributed by atoms with Crippen LogP contribution >= 0.6 is 0 Å². The fourth-order valence-electron chi connectivity index (χ4n) is 4.34. The molecule has 0 aliphatic carbocycles. The molecule has 3 rings (SSSR count). The molecule has 33 heavy (non-hydrogen) atoms. The standard InChI is InChI=1S/C24H31F3N2O4/c1-15-8-9-23(10-12-29(13-11-23)21(31)33-22(2,3)4)20(30)28-19(15)16-6-7-18(32-5)17(14-16)24(25,26)27/h6-7,14H,8-13H2,1-5H3,(H,28,30). The predicted molar refractivity (Wildman–Crippen MR) is 117 cm³/mol. The number of rotatable bonds is 2. The molecule has 6 nitrogen and oxygen atoms in total. The average molecular weight is 469 g/mol. The van der Waals surface area contributed by atoms with Gasteiger partial charge < -0.3 is 19.7 Å². The number of halogens is 3. The van der Waals surface area contributed by atoms with Crippen molar-refractivity contribution in [3.8, 4) is 5.75 Å². The van der Waals surface area contributed by atoms with Gasteiger partial charge in [-0.05, 0) is 82.7 Å². The molecule has 1 aromatic carbocycles. The molecule has 2 amide bonds. The molecule has 0 radical (unpaired) electrons. The van der Waals surface area contributed by atoms with Gasteiger partial charge in [-0.3, -0.25) is 4.79 Å². The molecule has 0 bridgehead atoms. The quantitative estimate of drug-likeness (QED) is 0.634. The van der Waals surface area contributed by atoms with Crippen molar-refractivity contribution in [1.82, 2.24) is 10.2 Å². The molecular formula is C24H31F3N2O4. The maximum absolute atomic E-state index is 13.5. The molecule has 182 valence electrons. The van der Waals surface area contributed by atoms with E-state index in [2.05, 4.69) is 5.32 Å². The molecule has 2 heterocycles. The number of alkyl halides is 3. The second-order valence-electron chi connectivity index (χ2n) is 9.77. The van der Waals surface area contributed by atoms with Crippen LogP contribution in [-0.2, 0) is 15.7 Å². The highest BCUT2D eigenvalue weighted by atomic mass is 19.4. The lowest BCUT2D eigenvalue weighted by molar-refractivity contribution is -0.138. The monoisotopic (exact) mass is 468 g/mol. The van der Waals surface area contributed by atoms with Crippen LogP contribution in [0, 0.1) is 5.41 Å². The first-order valence-electron chi connectivity index (χ1n) is 11.0. The van der Waals surface area contributed by atoms with E-state index in [0.29, 0.717) is 44.5 Å². The highest BCUT2D eigenvalue weighted by molar-refractivity contribution is 5.93. The normalized spacial score (nSPS) is 19.3. The molecule has 1 saturated heterocycles. The number of nitrogens with one attached hydrogen (secondary N) is 1. The highest BCUT2D eigenvalue weighted by Crippen LogP contribution is 2.43. The van der Waals surface area contributed by atoms with E-state index in [-0.39, 0.29) is 17.2 Å². The van der Waals surface area contributed by atoms with E-state index in [1.54, 1.807) is 25.7 Å². The topological polar surface area (TPSA) is 67.9 Å².